The number of nitrogens with zero attached hydrogens (tertiary/aromatic N) is 2. The van der Waals surface area contributed by atoms with Crippen LogP contribution in [0.2, 0.25) is 5.04 Å². The first-order valence-electron chi connectivity index (χ1n) is 15.0. The Morgan fingerprint density at radius 2 is 1.55 bits per heavy atom. The molecule has 0 fully saturated rings. The summed E-state index contributed by atoms with van der Waals surface area (Å²) >= 11 is 0. The van der Waals surface area contributed by atoms with Gasteiger partial charge in [-0.15, -0.1) is 0 Å². The molecule has 0 aliphatic carbocycles. The van der Waals surface area contributed by atoms with Gasteiger partial charge in [0.15, 0.2) is 0 Å². The predicted molar refractivity (Wildman–Crippen MR) is 178 cm³/mol. The topological polar surface area (TPSA) is 84.3 Å². The van der Waals surface area contributed by atoms with Gasteiger partial charge < -0.3 is 14.8 Å². The number of hydrogen-bond donors (Lipinski definition) is 2. The van der Waals surface area contributed by atoms with Gasteiger partial charge in [0, 0.05) is 42.7 Å². The summed E-state index contributed by atoms with van der Waals surface area (Å²) in [6, 6.07) is 35.0. The van der Waals surface area contributed by atoms with Crippen LogP contribution in [0, 0.1) is 0 Å². The monoisotopic (exact) mass is 599 g/mol. The van der Waals surface area contributed by atoms with E-state index in [0.29, 0.717) is 18.8 Å². The largest absolute Gasteiger partial charge is 0.477 e. The Hall–Kier alpha value is -4.43. The van der Waals surface area contributed by atoms with Crippen molar-refractivity contribution in [2.45, 2.75) is 44.8 Å². The maximum atomic E-state index is 12.1. The summed E-state index contributed by atoms with van der Waals surface area (Å²) in [6.07, 6.45) is 4.31. The molecule has 0 saturated heterocycles. The third kappa shape index (κ3) is 5.62. The Labute approximate surface area is 260 Å². The van der Waals surface area contributed by atoms with Crippen LogP contribution in [0.15, 0.2) is 116 Å². The van der Waals surface area contributed by atoms with Crippen LogP contribution in [-0.4, -0.2) is 36.0 Å². The van der Waals surface area contributed by atoms with Crippen molar-refractivity contribution in [3.8, 4) is 22.4 Å². The zero-order chi connectivity index (χ0) is 30.7. The minimum Gasteiger partial charge on any atom is -0.477 e. The fourth-order valence-electron chi connectivity index (χ4n) is 6.53. The van der Waals surface area contributed by atoms with E-state index in [1.54, 1.807) is 12.3 Å². The normalized spacial score (nSPS) is 14.8. The number of benzene rings is 3. The van der Waals surface area contributed by atoms with Crippen LogP contribution in [0.1, 0.15) is 54.8 Å². The van der Waals surface area contributed by atoms with Crippen LogP contribution in [0.5, 0.6) is 0 Å². The Morgan fingerprint density at radius 3 is 2.16 bits per heavy atom. The zero-order valence-corrected chi connectivity index (χ0v) is 26.3. The molecule has 0 amide bonds. The number of aromatic nitrogens is 2. The Balaban J connectivity index is 1.36. The third-order valence-corrected chi connectivity index (χ3v) is 13.6. The van der Waals surface area contributed by atoms with Gasteiger partial charge in [-0.05, 0) is 56.7 Å². The summed E-state index contributed by atoms with van der Waals surface area (Å²) in [5.41, 5.74) is 5.65. The highest BCUT2D eigenvalue weighted by atomic mass is 28.4. The Kier molecular flexibility index (Phi) is 8.27. The van der Waals surface area contributed by atoms with Gasteiger partial charge in [-0.25, -0.2) is 9.78 Å². The number of rotatable bonds is 9. The molecule has 1 aliphatic rings. The standard InChI is InChI=1S/C37H37N3O3Si/c1-37(2,3)44(30-15-6-4-7-16-30,31-17-8-5-9-18-31)43-21-19-32-34-29(25-39-32)23-33(36(41)42)40-35(34)27-13-10-12-26(22-27)28-14-11-20-38-24-28/h4-18,20,22-24,32,39H,19,21,25H2,1-3H3,(H,41,42)/t32-/m1/s1. The van der Waals surface area contributed by atoms with Crippen LogP contribution >= 0.6 is 0 Å². The van der Waals surface area contributed by atoms with Crippen molar-refractivity contribution in [1.29, 1.82) is 0 Å². The quantitative estimate of drug-likeness (QED) is 0.185. The molecule has 0 bridgehead atoms. The molecule has 0 unspecified atom stereocenters. The van der Waals surface area contributed by atoms with E-state index in [0.717, 1.165) is 34.2 Å². The average Bonchev–Trinajstić information content (AvgIpc) is 3.46. The number of carbonyl (C=O) groups is 1. The molecular formula is C37H37N3O3Si. The summed E-state index contributed by atoms with van der Waals surface area (Å²) in [5.74, 6) is -1.03. The summed E-state index contributed by atoms with van der Waals surface area (Å²) in [5, 5.41) is 15.9. The number of pyridine rings is 2. The van der Waals surface area contributed by atoms with Crippen LogP contribution in [0.4, 0.5) is 0 Å². The zero-order valence-electron chi connectivity index (χ0n) is 25.3. The van der Waals surface area contributed by atoms with Gasteiger partial charge in [-0.3, -0.25) is 4.98 Å². The highest BCUT2D eigenvalue weighted by Crippen LogP contribution is 2.40. The lowest BCUT2D eigenvalue weighted by Gasteiger charge is -2.43. The highest BCUT2D eigenvalue weighted by Gasteiger charge is 2.50. The summed E-state index contributed by atoms with van der Waals surface area (Å²) in [4.78, 5) is 21.1. The van der Waals surface area contributed by atoms with Crippen molar-refractivity contribution in [3.63, 3.8) is 0 Å². The maximum absolute atomic E-state index is 12.1. The number of hydrogen-bond acceptors (Lipinski definition) is 5. The van der Waals surface area contributed by atoms with Gasteiger partial charge in [0.1, 0.15) is 5.69 Å². The summed E-state index contributed by atoms with van der Waals surface area (Å²) in [6.45, 7) is 7.98. The molecule has 6 rings (SSSR count). The Bertz CT molecular complexity index is 1720. The number of carboxylic acid groups (broad SMARTS) is 1. The first-order chi connectivity index (χ1) is 21.3. The van der Waals surface area contributed by atoms with E-state index in [-0.39, 0.29) is 16.8 Å². The second-order valence-electron chi connectivity index (χ2n) is 12.3. The molecule has 222 valence electrons. The van der Waals surface area contributed by atoms with Crippen molar-refractivity contribution < 1.29 is 14.3 Å². The molecule has 7 heteroatoms. The molecule has 0 radical (unpaired) electrons. The Morgan fingerprint density at radius 1 is 0.886 bits per heavy atom. The fourth-order valence-corrected chi connectivity index (χ4v) is 11.1. The lowest BCUT2D eigenvalue weighted by molar-refractivity contribution is 0.0690. The molecule has 3 heterocycles. The second-order valence-corrected chi connectivity index (χ2v) is 16.6. The molecular weight excluding hydrogens is 563 g/mol. The molecule has 44 heavy (non-hydrogen) atoms. The van der Waals surface area contributed by atoms with E-state index in [1.165, 1.54) is 10.4 Å². The van der Waals surface area contributed by atoms with Gasteiger partial charge in [-0.1, -0.05) is 106 Å². The SMILES string of the molecule is CC(C)(C)[Si](OCC[C@H]1NCc2cc(C(=O)O)nc(-c3cccc(-c4cccnc4)c3)c21)(c1ccccc1)c1ccccc1. The maximum Gasteiger partial charge on any atom is 0.354 e. The van der Waals surface area contributed by atoms with Gasteiger partial charge in [0.05, 0.1) is 5.69 Å². The van der Waals surface area contributed by atoms with Crippen molar-refractivity contribution >= 4 is 24.7 Å². The average molecular weight is 600 g/mol. The molecule has 3 aromatic carbocycles. The predicted octanol–water partition coefficient (Wildman–Crippen LogP) is 6.62. The van der Waals surface area contributed by atoms with Crippen LogP contribution in [0.25, 0.3) is 22.4 Å². The van der Waals surface area contributed by atoms with Crippen LogP contribution in [0.3, 0.4) is 0 Å². The smallest absolute Gasteiger partial charge is 0.354 e. The van der Waals surface area contributed by atoms with E-state index in [4.69, 9.17) is 9.41 Å². The van der Waals surface area contributed by atoms with E-state index in [2.05, 4.69) is 97.8 Å². The van der Waals surface area contributed by atoms with E-state index in [9.17, 15) is 9.90 Å². The molecule has 6 nitrogen and oxygen atoms in total. The lowest BCUT2D eigenvalue weighted by Crippen LogP contribution is -2.66. The third-order valence-electron chi connectivity index (χ3n) is 8.52. The second kappa shape index (κ2) is 12.3. The lowest BCUT2D eigenvalue weighted by atomic mass is 9.94. The minimum absolute atomic E-state index is 0.0318. The molecule has 0 spiro atoms. The van der Waals surface area contributed by atoms with Crippen LogP contribution in [-0.2, 0) is 11.0 Å². The van der Waals surface area contributed by atoms with Crippen molar-refractivity contribution in [2.24, 2.45) is 0 Å². The van der Waals surface area contributed by atoms with Crippen molar-refractivity contribution in [3.05, 3.63) is 132 Å². The number of aromatic carboxylic acids is 1. The molecule has 1 atom stereocenters. The molecule has 0 saturated carbocycles. The fraction of sp³-hybridized carbons (Fsp3) is 0.216. The first kappa shape index (κ1) is 29.6. The van der Waals surface area contributed by atoms with Crippen molar-refractivity contribution in [2.75, 3.05) is 6.61 Å². The number of fused-ring (bicyclic) bond motifs is 1. The molecule has 2 N–H and O–H groups in total. The van der Waals surface area contributed by atoms with Gasteiger partial charge >= 0.3 is 5.97 Å². The number of nitrogens with one attached hydrogen (secondary N) is 1. The van der Waals surface area contributed by atoms with Gasteiger partial charge in [0.2, 0.25) is 0 Å². The van der Waals surface area contributed by atoms with Gasteiger partial charge in [0.25, 0.3) is 8.32 Å². The van der Waals surface area contributed by atoms with E-state index >= 15 is 0 Å². The highest BCUT2D eigenvalue weighted by molar-refractivity contribution is 6.99. The molecule has 2 aromatic heterocycles. The summed E-state index contributed by atoms with van der Waals surface area (Å²) in [7, 11) is -2.69. The molecule has 5 aromatic rings. The first-order valence-corrected chi connectivity index (χ1v) is 16.9. The minimum atomic E-state index is -2.69. The van der Waals surface area contributed by atoms with Gasteiger partial charge in [-0.2, -0.15) is 0 Å². The van der Waals surface area contributed by atoms with Crippen LogP contribution < -0.4 is 15.7 Å². The molecule has 1 aliphatic heterocycles. The summed E-state index contributed by atoms with van der Waals surface area (Å²) < 4.78 is 7.21. The van der Waals surface area contributed by atoms with E-state index < -0.39 is 14.3 Å². The number of carboxylic acids is 1. The van der Waals surface area contributed by atoms with E-state index in [1.807, 2.05) is 36.5 Å². The van der Waals surface area contributed by atoms with Crippen molar-refractivity contribution in [1.82, 2.24) is 15.3 Å².